The molecule has 0 aliphatic rings. The van der Waals surface area contributed by atoms with Crippen LogP contribution in [0.4, 0.5) is 5.00 Å². The predicted molar refractivity (Wildman–Crippen MR) is 102 cm³/mol. The number of thiophene rings is 1. The summed E-state index contributed by atoms with van der Waals surface area (Å²) in [6, 6.07) is 7.66. The summed E-state index contributed by atoms with van der Waals surface area (Å²) in [6.07, 6.45) is 0.689. The molecule has 0 bridgehead atoms. The molecule has 0 aliphatic carbocycles. The van der Waals surface area contributed by atoms with Crippen molar-refractivity contribution in [1.29, 1.82) is 0 Å². The molecule has 5 nitrogen and oxygen atoms in total. The number of carbonyl (C=O) groups excluding carboxylic acids is 2. The maximum atomic E-state index is 12.3. The molecule has 1 aromatic carbocycles. The number of rotatable bonds is 7. The first-order chi connectivity index (χ1) is 11.8. The van der Waals surface area contributed by atoms with Crippen LogP contribution in [0, 0.1) is 6.92 Å². The van der Waals surface area contributed by atoms with Gasteiger partial charge < -0.3 is 15.8 Å². The lowest BCUT2D eigenvalue weighted by Crippen LogP contribution is -2.22. The topological polar surface area (TPSA) is 81.4 Å². The molecule has 0 radical (unpaired) electrons. The summed E-state index contributed by atoms with van der Waals surface area (Å²) in [5.41, 5.74) is 7.82. The molecule has 134 valence electrons. The van der Waals surface area contributed by atoms with Gasteiger partial charge >= 0.3 is 0 Å². The number of hydrogen-bond donors (Lipinski definition) is 2. The molecule has 0 saturated heterocycles. The Labute approximate surface area is 152 Å². The van der Waals surface area contributed by atoms with Crippen LogP contribution in [-0.4, -0.2) is 18.4 Å². The van der Waals surface area contributed by atoms with Gasteiger partial charge in [-0.25, -0.2) is 0 Å². The number of nitrogens with two attached hydrogens (primary N) is 1. The van der Waals surface area contributed by atoms with Crippen LogP contribution in [0.25, 0.3) is 0 Å². The first kappa shape index (κ1) is 19.0. The molecule has 0 atom stereocenters. The lowest BCUT2D eigenvalue weighted by Gasteiger charge is -2.13. The second-order valence-electron chi connectivity index (χ2n) is 6.09. The van der Waals surface area contributed by atoms with E-state index < -0.39 is 5.91 Å². The van der Waals surface area contributed by atoms with Gasteiger partial charge in [0.25, 0.3) is 11.8 Å². The van der Waals surface area contributed by atoms with E-state index >= 15 is 0 Å². The number of benzene rings is 1. The molecule has 2 amide bonds. The van der Waals surface area contributed by atoms with Crippen molar-refractivity contribution < 1.29 is 14.3 Å². The maximum Gasteiger partial charge on any atom is 0.262 e. The quantitative estimate of drug-likeness (QED) is 0.787. The van der Waals surface area contributed by atoms with E-state index in [2.05, 4.69) is 19.2 Å². The van der Waals surface area contributed by atoms with Crippen LogP contribution in [0.1, 0.15) is 53.1 Å². The van der Waals surface area contributed by atoms with E-state index in [1.54, 1.807) is 0 Å². The Morgan fingerprint density at radius 2 is 1.96 bits per heavy atom. The number of hydrogen-bond acceptors (Lipinski definition) is 4. The molecule has 2 rings (SSSR count). The van der Waals surface area contributed by atoms with E-state index in [1.807, 2.05) is 38.1 Å². The molecule has 6 heteroatoms. The van der Waals surface area contributed by atoms with Crippen molar-refractivity contribution in [3.8, 4) is 5.75 Å². The average Bonchev–Trinajstić information content (AvgIpc) is 2.88. The van der Waals surface area contributed by atoms with Crippen LogP contribution in [0.5, 0.6) is 5.75 Å². The molecular weight excluding hydrogens is 336 g/mol. The minimum atomic E-state index is -0.525. The number of para-hydroxylation sites is 1. The number of carbonyl (C=O) groups is 2. The van der Waals surface area contributed by atoms with Gasteiger partial charge in [0.1, 0.15) is 10.8 Å². The normalized spacial score (nSPS) is 10.8. The summed E-state index contributed by atoms with van der Waals surface area (Å²) in [4.78, 5) is 25.0. The number of ether oxygens (including phenoxy) is 1. The molecule has 3 N–H and O–H groups in total. The van der Waals surface area contributed by atoms with Gasteiger partial charge in [0.05, 0.1) is 5.56 Å². The van der Waals surface area contributed by atoms with Gasteiger partial charge in [-0.3, -0.25) is 9.59 Å². The summed E-state index contributed by atoms with van der Waals surface area (Å²) < 4.78 is 5.67. The van der Waals surface area contributed by atoms with E-state index in [0.29, 0.717) is 28.7 Å². The number of aryl methyl sites for hydroxylation is 1. The van der Waals surface area contributed by atoms with Gasteiger partial charge in [-0.15, -0.1) is 11.3 Å². The third-order valence-electron chi connectivity index (χ3n) is 3.96. The highest BCUT2D eigenvalue weighted by molar-refractivity contribution is 7.16. The van der Waals surface area contributed by atoms with Crippen LogP contribution in [0.2, 0.25) is 0 Å². The Morgan fingerprint density at radius 3 is 2.56 bits per heavy atom. The number of nitrogens with one attached hydrogen (secondary N) is 1. The zero-order chi connectivity index (χ0) is 18.6. The highest BCUT2D eigenvalue weighted by atomic mass is 32.1. The second-order valence-corrected chi connectivity index (χ2v) is 7.31. The predicted octanol–water partition coefficient (Wildman–Crippen LogP) is 3.86. The van der Waals surface area contributed by atoms with Crippen LogP contribution < -0.4 is 15.8 Å². The third-order valence-corrected chi connectivity index (χ3v) is 5.02. The smallest absolute Gasteiger partial charge is 0.262 e. The van der Waals surface area contributed by atoms with Crippen molar-refractivity contribution in [2.75, 3.05) is 11.9 Å². The van der Waals surface area contributed by atoms with E-state index in [-0.39, 0.29) is 12.5 Å². The maximum absolute atomic E-state index is 12.3. The van der Waals surface area contributed by atoms with Crippen LogP contribution in [0.15, 0.2) is 24.3 Å². The van der Waals surface area contributed by atoms with Crippen LogP contribution >= 0.6 is 11.3 Å². The molecular formula is C19H24N2O3S. The SMILES string of the molecule is CCc1c(C)sc(NC(=O)COc2ccccc2C(C)C)c1C(N)=O. The summed E-state index contributed by atoms with van der Waals surface area (Å²) in [7, 11) is 0. The average molecular weight is 360 g/mol. The van der Waals surface area contributed by atoms with Gasteiger partial charge in [-0.2, -0.15) is 0 Å². The summed E-state index contributed by atoms with van der Waals surface area (Å²) >= 11 is 1.36. The van der Waals surface area contributed by atoms with Gasteiger partial charge in [0, 0.05) is 4.88 Å². The first-order valence-corrected chi connectivity index (χ1v) is 9.10. The fourth-order valence-electron chi connectivity index (χ4n) is 2.75. The highest BCUT2D eigenvalue weighted by Crippen LogP contribution is 2.33. The second kappa shape index (κ2) is 8.16. The Kier molecular flexibility index (Phi) is 6.20. The fourth-order valence-corrected chi connectivity index (χ4v) is 3.91. The molecule has 0 aliphatic heterocycles. The van der Waals surface area contributed by atoms with Crippen molar-refractivity contribution in [2.45, 2.75) is 40.0 Å². The molecule has 0 saturated carbocycles. The minimum absolute atomic E-state index is 0.125. The summed E-state index contributed by atoms with van der Waals surface area (Å²) in [5, 5.41) is 3.25. The van der Waals surface area contributed by atoms with Gasteiger partial charge in [-0.1, -0.05) is 39.0 Å². The van der Waals surface area contributed by atoms with Gasteiger partial charge in [-0.05, 0) is 36.5 Å². The number of amides is 2. The Balaban J connectivity index is 2.11. The van der Waals surface area contributed by atoms with E-state index in [1.165, 1.54) is 11.3 Å². The largest absolute Gasteiger partial charge is 0.483 e. The zero-order valence-electron chi connectivity index (χ0n) is 15.0. The molecule has 25 heavy (non-hydrogen) atoms. The zero-order valence-corrected chi connectivity index (χ0v) is 15.8. The highest BCUT2D eigenvalue weighted by Gasteiger charge is 2.20. The molecule has 2 aromatic rings. The van der Waals surface area contributed by atoms with E-state index in [4.69, 9.17) is 10.5 Å². The molecule has 1 heterocycles. The van der Waals surface area contributed by atoms with Crippen molar-refractivity contribution in [1.82, 2.24) is 0 Å². The Hall–Kier alpha value is -2.34. The number of primary amides is 1. The molecule has 0 fully saturated rings. The van der Waals surface area contributed by atoms with Crippen molar-refractivity contribution >= 4 is 28.2 Å². The van der Waals surface area contributed by atoms with Crippen molar-refractivity contribution in [3.05, 3.63) is 45.8 Å². The van der Waals surface area contributed by atoms with Gasteiger partial charge in [0.15, 0.2) is 6.61 Å². The molecule has 0 spiro atoms. The standard InChI is InChI=1S/C19H24N2O3S/c1-5-13-12(4)25-19(17(13)18(20)23)21-16(22)10-24-15-9-7-6-8-14(15)11(2)3/h6-9,11H,5,10H2,1-4H3,(H2,20,23)(H,21,22). The molecule has 1 aromatic heterocycles. The van der Waals surface area contributed by atoms with E-state index in [9.17, 15) is 9.59 Å². The van der Waals surface area contributed by atoms with Crippen molar-refractivity contribution in [2.24, 2.45) is 5.73 Å². The minimum Gasteiger partial charge on any atom is -0.483 e. The fraction of sp³-hybridized carbons (Fsp3) is 0.368. The summed E-state index contributed by atoms with van der Waals surface area (Å²) in [6.45, 7) is 7.89. The van der Waals surface area contributed by atoms with Gasteiger partial charge in [0.2, 0.25) is 0 Å². The Morgan fingerprint density at radius 1 is 1.28 bits per heavy atom. The lowest BCUT2D eigenvalue weighted by atomic mass is 10.0. The van der Waals surface area contributed by atoms with E-state index in [0.717, 1.165) is 16.0 Å². The van der Waals surface area contributed by atoms with Crippen LogP contribution in [-0.2, 0) is 11.2 Å². The number of anilines is 1. The monoisotopic (exact) mass is 360 g/mol. The molecule has 0 unspecified atom stereocenters. The van der Waals surface area contributed by atoms with Crippen molar-refractivity contribution in [3.63, 3.8) is 0 Å². The third kappa shape index (κ3) is 4.39. The Bertz CT molecular complexity index is 781. The first-order valence-electron chi connectivity index (χ1n) is 8.28. The van der Waals surface area contributed by atoms with Crippen LogP contribution in [0.3, 0.4) is 0 Å². The lowest BCUT2D eigenvalue weighted by molar-refractivity contribution is -0.118. The summed E-state index contributed by atoms with van der Waals surface area (Å²) in [5.74, 6) is 0.152.